The van der Waals surface area contributed by atoms with Crippen molar-refractivity contribution in [3.63, 3.8) is 0 Å². The predicted octanol–water partition coefficient (Wildman–Crippen LogP) is 3.62. The number of amides is 2. The van der Waals surface area contributed by atoms with Gasteiger partial charge in [0.1, 0.15) is 11.5 Å². The minimum absolute atomic E-state index is 0.0268. The molecule has 1 aromatic heterocycles. The number of likely N-dealkylation sites (tertiary alicyclic amines) is 2. The summed E-state index contributed by atoms with van der Waals surface area (Å²) in [5.41, 5.74) is 2.06. The van der Waals surface area contributed by atoms with Crippen molar-refractivity contribution in [3.8, 4) is 0 Å². The zero-order chi connectivity index (χ0) is 19.8. The number of H-pyrrole nitrogens is 1. The van der Waals surface area contributed by atoms with Gasteiger partial charge >= 0.3 is 0 Å². The number of piperidine rings is 1. The van der Waals surface area contributed by atoms with Crippen LogP contribution < -0.4 is 0 Å². The fraction of sp³-hybridized carbons (Fsp3) is 0.545. The third-order valence-electron chi connectivity index (χ3n) is 7.52. The molecule has 3 heterocycles. The van der Waals surface area contributed by atoms with E-state index in [1.165, 1.54) is 12.1 Å². The minimum atomic E-state index is -0.302. The summed E-state index contributed by atoms with van der Waals surface area (Å²) in [6.07, 6.45) is 4.01. The molecule has 5 rings (SSSR count). The number of aromatic amines is 1. The molecule has 3 fully saturated rings. The van der Waals surface area contributed by atoms with Crippen LogP contribution in [0.25, 0.3) is 10.9 Å². The van der Waals surface area contributed by atoms with Gasteiger partial charge in [-0.25, -0.2) is 4.39 Å². The van der Waals surface area contributed by atoms with Gasteiger partial charge in [0.2, 0.25) is 5.91 Å². The quantitative estimate of drug-likeness (QED) is 0.818. The SMILES string of the molecule is CC(=O)N1[C@@H]2CN(C(=O)c3[nH]c4ccc(F)cc4c3C)[C@@H]3CCC[C@H]1[C@]3(C)C2. The molecule has 0 spiro atoms. The molecule has 2 saturated heterocycles. The molecular formula is C22H26FN3O2. The van der Waals surface area contributed by atoms with Crippen molar-refractivity contribution in [2.75, 3.05) is 6.54 Å². The average molecular weight is 383 g/mol. The van der Waals surface area contributed by atoms with Crippen LogP contribution in [0.5, 0.6) is 0 Å². The van der Waals surface area contributed by atoms with Gasteiger partial charge in [0.15, 0.2) is 0 Å². The van der Waals surface area contributed by atoms with Crippen molar-refractivity contribution >= 4 is 22.7 Å². The zero-order valence-electron chi connectivity index (χ0n) is 16.6. The summed E-state index contributed by atoms with van der Waals surface area (Å²) in [5.74, 6) is -0.212. The van der Waals surface area contributed by atoms with Gasteiger partial charge in [-0.2, -0.15) is 0 Å². The second kappa shape index (κ2) is 5.82. The van der Waals surface area contributed by atoms with Crippen LogP contribution in [0.2, 0.25) is 0 Å². The molecule has 3 aliphatic rings. The van der Waals surface area contributed by atoms with E-state index in [4.69, 9.17) is 0 Å². The molecule has 5 nitrogen and oxygen atoms in total. The molecule has 1 saturated carbocycles. The van der Waals surface area contributed by atoms with Crippen LogP contribution in [0, 0.1) is 18.2 Å². The molecular weight excluding hydrogens is 357 g/mol. The molecule has 148 valence electrons. The number of benzene rings is 1. The topological polar surface area (TPSA) is 56.4 Å². The van der Waals surface area contributed by atoms with Gasteiger partial charge in [0.25, 0.3) is 5.91 Å². The highest BCUT2D eigenvalue weighted by Crippen LogP contribution is 2.54. The molecule has 2 aliphatic heterocycles. The van der Waals surface area contributed by atoms with Crippen LogP contribution in [0.3, 0.4) is 0 Å². The highest BCUT2D eigenvalue weighted by molar-refractivity contribution is 6.01. The van der Waals surface area contributed by atoms with E-state index < -0.39 is 0 Å². The van der Waals surface area contributed by atoms with E-state index in [2.05, 4.69) is 11.9 Å². The number of aromatic nitrogens is 1. The van der Waals surface area contributed by atoms with Crippen LogP contribution >= 0.6 is 0 Å². The van der Waals surface area contributed by atoms with Gasteiger partial charge in [-0.3, -0.25) is 9.59 Å². The highest BCUT2D eigenvalue weighted by atomic mass is 19.1. The smallest absolute Gasteiger partial charge is 0.270 e. The number of nitrogens with zero attached hydrogens (tertiary/aromatic N) is 2. The number of hydrogen-bond donors (Lipinski definition) is 1. The van der Waals surface area contributed by atoms with Gasteiger partial charge in [0, 0.05) is 41.9 Å². The Bertz CT molecular complexity index is 999. The van der Waals surface area contributed by atoms with Gasteiger partial charge in [-0.1, -0.05) is 6.92 Å². The summed E-state index contributed by atoms with van der Waals surface area (Å²) < 4.78 is 13.7. The maximum absolute atomic E-state index is 13.7. The van der Waals surface area contributed by atoms with E-state index in [-0.39, 0.29) is 41.2 Å². The van der Waals surface area contributed by atoms with E-state index in [0.717, 1.165) is 42.1 Å². The summed E-state index contributed by atoms with van der Waals surface area (Å²) in [6.45, 7) is 6.36. The Hall–Kier alpha value is -2.37. The lowest BCUT2D eigenvalue weighted by Gasteiger charge is -2.49. The monoisotopic (exact) mass is 383 g/mol. The first kappa shape index (κ1) is 17.7. The number of hydrogen-bond acceptors (Lipinski definition) is 2. The normalized spacial score (nSPS) is 31.5. The van der Waals surface area contributed by atoms with Crippen molar-refractivity contribution in [3.05, 3.63) is 35.3 Å². The fourth-order valence-electron chi connectivity index (χ4n) is 6.35. The molecule has 1 aliphatic carbocycles. The number of halogens is 1. The number of aryl methyl sites for hydroxylation is 1. The number of carbonyl (C=O) groups excluding carboxylic acids is 2. The Morgan fingerprint density at radius 2 is 2.00 bits per heavy atom. The first-order chi connectivity index (χ1) is 13.3. The van der Waals surface area contributed by atoms with E-state index >= 15 is 0 Å². The standard InChI is InChI=1S/C22H26FN3O2/c1-12-16-9-14(23)7-8-17(16)24-20(12)21(28)25-11-15-10-22(3)18(25)5-4-6-19(22)26(15)13(2)27/h7-9,15,18-19,24H,4-6,10-11H2,1-3H3/t15-,18+,19-,22+/m0/s1. The third-order valence-corrected chi connectivity index (χ3v) is 7.52. The van der Waals surface area contributed by atoms with Gasteiger partial charge in [-0.05, 0) is 56.4 Å². The third kappa shape index (κ3) is 2.23. The summed E-state index contributed by atoms with van der Waals surface area (Å²) in [6, 6.07) is 5.03. The second-order valence-corrected chi connectivity index (χ2v) is 9.02. The van der Waals surface area contributed by atoms with Crippen LogP contribution in [-0.2, 0) is 4.79 Å². The predicted molar refractivity (Wildman–Crippen MR) is 104 cm³/mol. The minimum Gasteiger partial charge on any atom is -0.350 e. The number of nitrogens with one attached hydrogen (secondary N) is 1. The molecule has 6 heteroatoms. The van der Waals surface area contributed by atoms with Crippen LogP contribution in [0.1, 0.15) is 55.6 Å². The Kier molecular flexibility index (Phi) is 3.68. The van der Waals surface area contributed by atoms with E-state index in [0.29, 0.717) is 12.2 Å². The lowest BCUT2D eigenvalue weighted by Crippen LogP contribution is -2.57. The largest absolute Gasteiger partial charge is 0.350 e. The molecule has 1 N–H and O–H groups in total. The van der Waals surface area contributed by atoms with E-state index in [1.807, 2.05) is 16.7 Å². The number of fused-ring (bicyclic) bond motifs is 2. The molecule has 28 heavy (non-hydrogen) atoms. The summed E-state index contributed by atoms with van der Waals surface area (Å²) in [7, 11) is 0. The molecule has 1 aromatic carbocycles. The van der Waals surface area contributed by atoms with Crippen molar-refractivity contribution in [2.45, 2.75) is 64.6 Å². The van der Waals surface area contributed by atoms with Crippen molar-refractivity contribution in [1.29, 1.82) is 0 Å². The maximum Gasteiger partial charge on any atom is 0.270 e. The van der Waals surface area contributed by atoms with E-state index in [1.54, 1.807) is 13.0 Å². The Balaban J connectivity index is 1.56. The fourth-order valence-corrected chi connectivity index (χ4v) is 6.35. The molecule has 4 atom stereocenters. The Morgan fingerprint density at radius 3 is 2.75 bits per heavy atom. The molecule has 0 unspecified atom stereocenters. The van der Waals surface area contributed by atoms with Gasteiger partial charge in [0.05, 0.1) is 6.04 Å². The van der Waals surface area contributed by atoms with Crippen molar-refractivity contribution < 1.29 is 14.0 Å². The van der Waals surface area contributed by atoms with Gasteiger partial charge < -0.3 is 14.8 Å². The highest BCUT2D eigenvalue weighted by Gasteiger charge is 2.61. The lowest BCUT2D eigenvalue weighted by atomic mass is 9.65. The number of carbonyl (C=O) groups is 2. The maximum atomic E-state index is 13.7. The Labute approximate surface area is 163 Å². The van der Waals surface area contributed by atoms with E-state index in [9.17, 15) is 14.0 Å². The first-order valence-corrected chi connectivity index (χ1v) is 10.2. The van der Waals surface area contributed by atoms with Crippen LogP contribution in [-0.4, -0.2) is 51.3 Å². The van der Waals surface area contributed by atoms with Crippen LogP contribution in [0.4, 0.5) is 4.39 Å². The average Bonchev–Trinajstić information content (AvgIpc) is 3.13. The summed E-state index contributed by atoms with van der Waals surface area (Å²) in [5, 5.41) is 0.751. The first-order valence-electron chi connectivity index (χ1n) is 10.2. The lowest BCUT2D eigenvalue weighted by molar-refractivity contribution is -0.132. The summed E-state index contributed by atoms with van der Waals surface area (Å²) in [4.78, 5) is 33.2. The zero-order valence-corrected chi connectivity index (χ0v) is 16.6. The van der Waals surface area contributed by atoms with Gasteiger partial charge in [-0.15, -0.1) is 0 Å². The summed E-state index contributed by atoms with van der Waals surface area (Å²) >= 11 is 0. The Morgan fingerprint density at radius 1 is 1.25 bits per heavy atom. The van der Waals surface area contributed by atoms with Crippen LogP contribution in [0.15, 0.2) is 18.2 Å². The second-order valence-electron chi connectivity index (χ2n) is 9.02. The molecule has 2 aromatic rings. The molecule has 2 bridgehead atoms. The molecule has 2 amide bonds. The number of rotatable bonds is 1. The van der Waals surface area contributed by atoms with Crippen molar-refractivity contribution in [2.24, 2.45) is 5.41 Å². The molecule has 0 radical (unpaired) electrons. The van der Waals surface area contributed by atoms with Crippen molar-refractivity contribution in [1.82, 2.24) is 14.8 Å².